The zero-order valence-corrected chi connectivity index (χ0v) is 14.6. The lowest BCUT2D eigenvalue weighted by atomic mass is 10.0. The quantitative estimate of drug-likeness (QED) is 0.791. The van der Waals surface area contributed by atoms with Crippen LogP contribution in [0.25, 0.3) is 0 Å². The van der Waals surface area contributed by atoms with Crippen molar-refractivity contribution in [3.05, 3.63) is 40.6 Å². The Morgan fingerprint density at radius 1 is 1.43 bits per heavy atom. The first-order chi connectivity index (χ1) is 10.8. The second-order valence-electron chi connectivity index (χ2n) is 5.82. The molecule has 0 aliphatic heterocycles. The highest BCUT2D eigenvalue weighted by Gasteiger charge is 2.28. The molecule has 7 heteroatoms. The van der Waals surface area contributed by atoms with Gasteiger partial charge < -0.3 is 14.8 Å². The van der Waals surface area contributed by atoms with Gasteiger partial charge in [-0.2, -0.15) is 5.10 Å². The van der Waals surface area contributed by atoms with E-state index in [0.29, 0.717) is 35.2 Å². The molecule has 0 radical (unpaired) electrons. The molecular weight excluding hydrogens is 318 g/mol. The number of aromatic nitrogens is 2. The molecule has 1 unspecified atom stereocenters. The molecule has 1 amide bonds. The first-order valence-corrected chi connectivity index (χ1v) is 7.97. The van der Waals surface area contributed by atoms with Gasteiger partial charge in [0.2, 0.25) is 0 Å². The third kappa shape index (κ3) is 3.76. The summed E-state index contributed by atoms with van der Waals surface area (Å²) in [5, 5.41) is 17.5. The van der Waals surface area contributed by atoms with Gasteiger partial charge >= 0.3 is 0 Å². The molecule has 0 saturated carbocycles. The number of alkyl halides is 1. The number of aliphatic hydroxyl groups is 1. The Kier molecular flexibility index (Phi) is 5.16. The van der Waals surface area contributed by atoms with Gasteiger partial charge in [-0.1, -0.05) is 0 Å². The molecule has 0 saturated heterocycles. The van der Waals surface area contributed by atoms with Crippen molar-refractivity contribution in [1.82, 2.24) is 15.1 Å². The van der Waals surface area contributed by atoms with Gasteiger partial charge in [-0.05, 0) is 39.8 Å². The Hall–Kier alpha value is -1.79. The number of amides is 1. The van der Waals surface area contributed by atoms with Crippen LogP contribution in [0.1, 0.15) is 40.2 Å². The molecule has 0 spiro atoms. The van der Waals surface area contributed by atoms with Gasteiger partial charge in [0.05, 0.1) is 24.3 Å². The van der Waals surface area contributed by atoms with E-state index in [9.17, 15) is 9.90 Å². The molecule has 23 heavy (non-hydrogen) atoms. The third-order valence-corrected chi connectivity index (χ3v) is 3.94. The molecule has 0 fully saturated rings. The maximum Gasteiger partial charge on any atom is 0.255 e. The number of hydrogen-bond acceptors (Lipinski definition) is 4. The zero-order valence-electron chi connectivity index (χ0n) is 13.8. The standard InChI is InChI=1S/C16H22ClN3O3/c1-10-5-6-13(23-10)16(4,22)9-18-15(21)14-11(2)19-20(8-7-17)12(14)3/h5-6,22H,7-9H2,1-4H3,(H,18,21). The van der Waals surface area contributed by atoms with Crippen molar-refractivity contribution in [3.8, 4) is 0 Å². The Bertz CT molecular complexity index is 703. The second kappa shape index (κ2) is 6.76. The summed E-state index contributed by atoms with van der Waals surface area (Å²) in [6.45, 7) is 7.59. The van der Waals surface area contributed by atoms with Crippen molar-refractivity contribution in [1.29, 1.82) is 0 Å². The lowest BCUT2D eigenvalue weighted by Gasteiger charge is -2.21. The molecule has 6 nitrogen and oxygen atoms in total. The van der Waals surface area contributed by atoms with Gasteiger partial charge in [0.15, 0.2) is 0 Å². The molecule has 0 aromatic carbocycles. The predicted molar refractivity (Wildman–Crippen MR) is 87.8 cm³/mol. The van der Waals surface area contributed by atoms with Crippen LogP contribution < -0.4 is 5.32 Å². The summed E-state index contributed by atoms with van der Waals surface area (Å²) in [6, 6.07) is 3.48. The van der Waals surface area contributed by atoms with Crippen LogP contribution in [-0.4, -0.2) is 33.2 Å². The maximum absolute atomic E-state index is 12.4. The fourth-order valence-electron chi connectivity index (χ4n) is 2.48. The molecule has 0 aliphatic rings. The van der Waals surface area contributed by atoms with Gasteiger partial charge in [-0.3, -0.25) is 9.48 Å². The number of furan rings is 1. The fraction of sp³-hybridized carbons (Fsp3) is 0.500. The molecule has 126 valence electrons. The van der Waals surface area contributed by atoms with E-state index < -0.39 is 5.60 Å². The maximum atomic E-state index is 12.4. The summed E-state index contributed by atoms with van der Waals surface area (Å²) in [4.78, 5) is 12.4. The van der Waals surface area contributed by atoms with E-state index in [1.807, 2.05) is 6.92 Å². The predicted octanol–water partition coefficient (Wildman–Crippen LogP) is 2.28. The molecule has 2 aromatic rings. The number of carbonyl (C=O) groups is 1. The summed E-state index contributed by atoms with van der Waals surface area (Å²) in [5.74, 6) is 1.28. The first-order valence-electron chi connectivity index (χ1n) is 7.43. The normalized spacial score (nSPS) is 13.8. The van der Waals surface area contributed by atoms with Crippen LogP contribution in [0.3, 0.4) is 0 Å². The van der Waals surface area contributed by atoms with E-state index in [2.05, 4.69) is 10.4 Å². The SMILES string of the molecule is Cc1ccc(C(C)(O)CNC(=O)c2c(C)nn(CCCl)c2C)o1. The lowest BCUT2D eigenvalue weighted by Crippen LogP contribution is -2.38. The molecule has 1 atom stereocenters. The molecule has 2 rings (SSSR count). The van der Waals surface area contributed by atoms with Gasteiger partial charge in [-0.15, -0.1) is 11.6 Å². The number of hydrogen-bond donors (Lipinski definition) is 2. The van der Waals surface area contributed by atoms with Gasteiger partial charge in [0.25, 0.3) is 5.91 Å². The van der Waals surface area contributed by atoms with Crippen molar-refractivity contribution >= 4 is 17.5 Å². The summed E-state index contributed by atoms with van der Waals surface area (Å²) in [7, 11) is 0. The Morgan fingerprint density at radius 2 is 2.13 bits per heavy atom. The van der Waals surface area contributed by atoms with E-state index in [1.54, 1.807) is 37.6 Å². The van der Waals surface area contributed by atoms with E-state index >= 15 is 0 Å². The average Bonchev–Trinajstić information content (AvgIpc) is 3.02. The van der Waals surface area contributed by atoms with Crippen molar-refractivity contribution in [2.24, 2.45) is 0 Å². The van der Waals surface area contributed by atoms with Gasteiger partial charge in [0, 0.05) is 11.6 Å². The Balaban J connectivity index is 2.11. The highest BCUT2D eigenvalue weighted by Crippen LogP contribution is 2.22. The summed E-state index contributed by atoms with van der Waals surface area (Å²) >= 11 is 5.74. The van der Waals surface area contributed by atoms with Crippen LogP contribution in [0.4, 0.5) is 0 Å². The molecule has 0 aliphatic carbocycles. The van der Waals surface area contributed by atoms with Crippen molar-refractivity contribution < 1.29 is 14.3 Å². The number of halogens is 1. The van der Waals surface area contributed by atoms with Crippen LogP contribution in [0.5, 0.6) is 0 Å². The number of nitrogens with one attached hydrogen (secondary N) is 1. The minimum absolute atomic E-state index is 0.0400. The third-order valence-electron chi connectivity index (χ3n) is 3.77. The van der Waals surface area contributed by atoms with Gasteiger partial charge in [-0.25, -0.2) is 0 Å². The number of nitrogens with zero attached hydrogens (tertiary/aromatic N) is 2. The summed E-state index contributed by atoms with van der Waals surface area (Å²) in [6.07, 6.45) is 0. The Labute approximate surface area is 140 Å². The highest BCUT2D eigenvalue weighted by molar-refractivity contribution is 6.17. The average molecular weight is 340 g/mol. The number of aryl methyl sites for hydroxylation is 3. The zero-order chi connectivity index (χ0) is 17.2. The summed E-state index contributed by atoms with van der Waals surface area (Å²) in [5.41, 5.74) is 0.631. The van der Waals surface area contributed by atoms with E-state index in [0.717, 1.165) is 5.69 Å². The highest BCUT2D eigenvalue weighted by atomic mass is 35.5. The van der Waals surface area contributed by atoms with Crippen molar-refractivity contribution in [3.63, 3.8) is 0 Å². The van der Waals surface area contributed by atoms with E-state index in [1.165, 1.54) is 0 Å². The van der Waals surface area contributed by atoms with E-state index in [4.69, 9.17) is 16.0 Å². The topological polar surface area (TPSA) is 80.3 Å². The summed E-state index contributed by atoms with van der Waals surface area (Å²) < 4.78 is 7.15. The fourth-order valence-corrected chi connectivity index (χ4v) is 2.64. The first kappa shape index (κ1) is 17.6. The number of rotatable bonds is 6. The lowest BCUT2D eigenvalue weighted by molar-refractivity contribution is 0.0323. The second-order valence-corrected chi connectivity index (χ2v) is 6.20. The minimum Gasteiger partial charge on any atom is -0.463 e. The molecule has 2 aromatic heterocycles. The molecule has 2 heterocycles. The van der Waals surface area contributed by atoms with Crippen LogP contribution in [0.15, 0.2) is 16.5 Å². The molecule has 2 N–H and O–H groups in total. The minimum atomic E-state index is -1.28. The molecular formula is C16H22ClN3O3. The van der Waals surface area contributed by atoms with Crippen LogP contribution >= 0.6 is 11.6 Å². The smallest absolute Gasteiger partial charge is 0.255 e. The van der Waals surface area contributed by atoms with Crippen LogP contribution in [0.2, 0.25) is 0 Å². The monoisotopic (exact) mass is 339 g/mol. The van der Waals surface area contributed by atoms with Crippen molar-refractivity contribution in [2.75, 3.05) is 12.4 Å². The van der Waals surface area contributed by atoms with E-state index in [-0.39, 0.29) is 12.5 Å². The number of carbonyl (C=O) groups excluding carboxylic acids is 1. The molecule has 0 bridgehead atoms. The van der Waals surface area contributed by atoms with Crippen molar-refractivity contribution in [2.45, 2.75) is 39.8 Å². The van der Waals surface area contributed by atoms with Crippen LogP contribution in [-0.2, 0) is 12.1 Å². The van der Waals surface area contributed by atoms with Crippen LogP contribution in [0, 0.1) is 20.8 Å². The Morgan fingerprint density at radius 3 is 2.70 bits per heavy atom. The largest absolute Gasteiger partial charge is 0.463 e. The van der Waals surface area contributed by atoms with Gasteiger partial charge in [0.1, 0.15) is 17.1 Å².